The summed E-state index contributed by atoms with van der Waals surface area (Å²) < 4.78 is 13.4. The molecule has 1 aliphatic heterocycles. The van der Waals surface area contributed by atoms with Crippen molar-refractivity contribution >= 4 is 11.3 Å². The molecule has 0 aliphatic carbocycles. The van der Waals surface area contributed by atoms with Crippen LogP contribution in [-0.2, 0) is 20.0 Å². The van der Waals surface area contributed by atoms with Gasteiger partial charge in [0.25, 0.3) is 0 Å². The first-order valence-electron chi connectivity index (χ1n) is 8.94. The van der Waals surface area contributed by atoms with Crippen LogP contribution in [0.4, 0.5) is 0 Å². The topological polar surface area (TPSA) is 48.3 Å². The molecular weight excluding hydrogens is 346 g/mol. The molecule has 3 aromatic rings. The van der Waals surface area contributed by atoms with Gasteiger partial charge in [0.15, 0.2) is 11.5 Å². The number of ether oxygens (including phenoxy) is 2. The second-order valence-corrected chi connectivity index (χ2v) is 7.23. The minimum absolute atomic E-state index is 0.690. The Balaban J connectivity index is 1.47. The fourth-order valence-corrected chi connectivity index (χ4v) is 3.81. The Morgan fingerprint density at radius 3 is 2.92 bits per heavy atom. The standard InChI is InChI=1S/C20H23N3O2S/c1-23-13-17(12-21-7-5-15-6-10-26-14-15)20(22-23)16-3-4-18-19(11-16)25-9-2-8-24-18/h3-4,6,10-11,13-14,21H,2,5,7-9,12H2,1H3. The summed E-state index contributed by atoms with van der Waals surface area (Å²) in [5, 5.41) is 12.5. The maximum Gasteiger partial charge on any atom is 0.161 e. The molecule has 1 N–H and O–H groups in total. The Labute approximate surface area is 157 Å². The minimum atomic E-state index is 0.690. The van der Waals surface area contributed by atoms with Crippen molar-refractivity contribution in [2.45, 2.75) is 19.4 Å². The van der Waals surface area contributed by atoms with Crippen LogP contribution in [0.15, 0.2) is 41.2 Å². The van der Waals surface area contributed by atoms with Crippen molar-refractivity contribution < 1.29 is 9.47 Å². The van der Waals surface area contributed by atoms with Crippen molar-refractivity contribution in [2.24, 2.45) is 7.05 Å². The molecule has 0 unspecified atom stereocenters. The third-order valence-corrected chi connectivity index (χ3v) is 5.14. The van der Waals surface area contributed by atoms with Gasteiger partial charge in [0.05, 0.1) is 18.9 Å². The van der Waals surface area contributed by atoms with Gasteiger partial charge in [-0.2, -0.15) is 16.4 Å². The van der Waals surface area contributed by atoms with Gasteiger partial charge in [-0.15, -0.1) is 0 Å². The van der Waals surface area contributed by atoms with Crippen LogP contribution in [0.2, 0.25) is 0 Å². The average Bonchev–Trinajstić information content (AvgIpc) is 3.22. The molecule has 0 saturated carbocycles. The van der Waals surface area contributed by atoms with Crippen LogP contribution in [0.5, 0.6) is 11.5 Å². The van der Waals surface area contributed by atoms with E-state index in [0.29, 0.717) is 13.2 Å². The van der Waals surface area contributed by atoms with Crippen molar-refractivity contribution in [3.05, 3.63) is 52.3 Å². The molecule has 1 aliphatic rings. The summed E-state index contributed by atoms with van der Waals surface area (Å²) >= 11 is 1.75. The van der Waals surface area contributed by atoms with E-state index >= 15 is 0 Å². The van der Waals surface area contributed by atoms with E-state index in [4.69, 9.17) is 9.47 Å². The van der Waals surface area contributed by atoms with Crippen LogP contribution in [0.25, 0.3) is 11.3 Å². The third kappa shape index (κ3) is 3.92. The Kier molecular flexibility index (Phi) is 5.22. The molecule has 3 heterocycles. The lowest BCUT2D eigenvalue weighted by molar-refractivity contribution is 0.297. The van der Waals surface area contributed by atoms with Crippen molar-refractivity contribution in [2.75, 3.05) is 19.8 Å². The van der Waals surface area contributed by atoms with Crippen molar-refractivity contribution in [1.29, 1.82) is 0 Å². The Hall–Kier alpha value is -2.31. The van der Waals surface area contributed by atoms with Crippen LogP contribution in [0.3, 0.4) is 0 Å². The Morgan fingerprint density at radius 2 is 2.08 bits per heavy atom. The van der Waals surface area contributed by atoms with Crippen LogP contribution >= 0.6 is 11.3 Å². The second kappa shape index (κ2) is 7.93. The summed E-state index contributed by atoms with van der Waals surface area (Å²) in [5.74, 6) is 1.62. The molecule has 5 nitrogen and oxygen atoms in total. The molecule has 4 rings (SSSR count). The van der Waals surface area contributed by atoms with E-state index in [-0.39, 0.29) is 0 Å². The number of aryl methyl sites for hydroxylation is 1. The highest BCUT2D eigenvalue weighted by molar-refractivity contribution is 7.07. The zero-order valence-corrected chi connectivity index (χ0v) is 15.7. The van der Waals surface area contributed by atoms with Crippen LogP contribution in [0.1, 0.15) is 17.5 Å². The number of aromatic nitrogens is 2. The van der Waals surface area contributed by atoms with Gasteiger partial charge >= 0.3 is 0 Å². The molecule has 0 amide bonds. The van der Waals surface area contributed by atoms with E-state index in [9.17, 15) is 0 Å². The number of rotatable bonds is 6. The quantitative estimate of drug-likeness (QED) is 0.674. The summed E-state index contributed by atoms with van der Waals surface area (Å²) in [5.41, 5.74) is 4.62. The predicted molar refractivity (Wildman–Crippen MR) is 104 cm³/mol. The molecule has 0 atom stereocenters. The SMILES string of the molecule is Cn1cc(CNCCc2ccsc2)c(-c2ccc3c(c2)OCCCO3)n1. The molecule has 0 fully saturated rings. The maximum atomic E-state index is 5.82. The Bertz CT molecular complexity index is 858. The lowest BCUT2D eigenvalue weighted by Gasteiger charge is -2.09. The van der Waals surface area contributed by atoms with E-state index in [1.807, 2.05) is 23.9 Å². The van der Waals surface area contributed by atoms with E-state index < -0.39 is 0 Å². The molecule has 0 bridgehead atoms. The first-order valence-corrected chi connectivity index (χ1v) is 9.88. The largest absolute Gasteiger partial charge is 0.490 e. The van der Waals surface area contributed by atoms with E-state index in [1.54, 1.807) is 11.3 Å². The van der Waals surface area contributed by atoms with Crippen LogP contribution < -0.4 is 14.8 Å². The first kappa shape index (κ1) is 17.1. The summed E-state index contributed by atoms with van der Waals surface area (Å²) in [4.78, 5) is 0. The van der Waals surface area contributed by atoms with Gasteiger partial charge in [0, 0.05) is 37.3 Å². The highest BCUT2D eigenvalue weighted by Gasteiger charge is 2.15. The van der Waals surface area contributed by atoms with Gasteiger partial charge in [0.2, 0.25) is 0 Å². The molecule has 0 spiro atoms. The lowest BCUT2D eigenvalue weighted by Crippen LogP contribution is -2.16. The molecular formula is C20H23N3O2S. The number of thiophene rings is 1. The fourth-order valence-electron chi connectivity index (χ4n) is 3.11. The van der Waals surface area contributed by atoms with E-state index in [0.717, 1.165) is 48.7 Å². The molecule has 26 heavy (non-hydrogen) atoms. The smallest absolute Gasteiger partial charge is 0.161 e. The van der Waals surface area contributed by atoms with Crippen molar-refractivity contribution in [3.8, 4) is 22.8 Å². The number of benzene rings is 1. The molecule has 0 radical (unpaired) electrons. The number of fused-ring (bicyclic) bond motifs is 1. The molecule has 6 heteroatoms. The summed E-state index contributed by atoms with van der Waals surface area (Å²) in [6.45, 7) is 3.14. The van der Waals surface area contributed by atoms with Crippen LogP contribution in [0, 0.1) is 0 Å². The highest BCUT2D eigenvalue weighted by atomic mass is 32.1. The number of hydrogen-bond donors (Lipinski definition) is 1. The molecule has 136 valence electrons. The monoisotopic (exact) mass is 369 g/mol. The fraction of sp³-hybridized carbons (Fsp3) is 0.350. The number of hydrogen-bond acceptors (Lipinski definition) is 5. The third-order valence-electron chi connectivity index (χ3n) is 4.41. The van der Waals surface area contributed by atoms with Gasteiger partial charge in [-0.05, 0) is 53.6 Å². The zero-order valence-electron chi connectivity index (χ0n) is 14.9. The minimum Gasteiger partial charge on any atom is -0.490 e. The average molecular weight is 369 g/mol. The number of nitrogens with zero attached hydrogens (tertiary/aromatic N) is 2. The number of nitrogens with one attached hydrogen (secondary N) is 1. The maximum absolute atomic E-state index is 5.82. The van der Waals surface area contributed by atoms with Gasteiger partial charge in [0.1, 0.15) is 0 Å². The highest BCUT2D eigenvalue weighted by Crippen LogP contribution is 2.34. The lowest BCUT2D eigenvalue weighted by atomic mass is 10.1. The van der Waals surface area contributed by atoms with Crippen molar-refractivity contribution in [3.63, 3.8) is 0 Å². The van der Waals surface area contributed by atoms with Gasteiger partial charge in [-0.3, -0.25) is 4.68 Å². The molecule has 0 saturated heterocycles. The summed E-state index contributed by atoms with van der Waals surface area (Å²) in [7, 11) is 1.96. The summed E-state index contributed by atoms with van der Waals surface area (Å²) in [6.07, 6.45) is 4.03. The van der Waals surface area contributed by atoms with Gasteiger partial charge < -0.3 is 14.8 Å². The van der Waals surface area contributed by atoms with Gasteiger partial charge in [-0.1, -0.05) is 0 Å². The molecule has 1 aromatic carbocycles. The predicted octanol–water partition coefficient (Wildman–Crippen LogP) is 3.64. The van der Waals surface area contributed by atoms with E-state index in [1.165, 1.54) is 11.1 Å². The Morgan fingerprint density at radius 1 is 1.19 bits per heavy atom. The summed E-state index contributed by atoms with van der Waals surface area (Å²) in [6, 6.07) is 8.26. The van der Waals surface area contributed by atoms with Crippen LogP contribution in [-0.4, -0.2) is 29.5 Å². The van der Waals surface area contributed by atoms with Gasteiger partial charge in [-0.25, -0.2) is 0 Å². The normalized spacial score (nSPS) is 13.6. The first-order chi connectivity index (χ1) is 12.8. The van der Waals surface area contributed by atoms with E-state index in [2.05, 4.69) is 39.5 Å². The zero-order chi connectivity index (χ0) is 17.8. The second-order valence-electron chi connectivity index (χ2n) is 6.45. The van der Waals surface area contributed by atoms with Crippen molar-refractivity contribution in [1.82, 2.24) is 15.1 Å². The molecule has 2 aromatic heterocycles.